The van der Waals surface area contributed by atoms with E-state index in [1.807, 2.05) is 12.1 Å². The quantitative estimate of drug-likeness (QED) is 0.867. The Kier molecular flexibility index (Phi) is 3.54. The zero-order valence-corrected chi connectivity index (χ0v) is 12.7. The maximum Gasteiger partial charge on any atom is 0.241 e. The molecule has 2 N–H and O–H groups in total. The number of likely N-dealkylation sites (N-methyl/N-ethyl adjacent to an activating group) is 1. The van der Waals surface area contributed by atoms with Crippen molar-refractivity contribution in [3.8, 4) is 0 Å². The van der Waals surface area contributed by atoms with E-state index in [1.54, 1.807) is 11.3 Å². The molecular weight excluding hydrogens is 292 g/mol. The highest BCUT2D eigenvalue weighted by atomic mass is 35.5. The second-order valence-electron chi connectivity index (χ2n) is 5.07. The molecule has 0 unspecified atom stereocenters. The third-order valence-electron chi connectivity index (χ3n) is 3.61. The average molecular weight is 307 g/mol. The molecular formula is C15H15ClN2OS. The predicted molar refractivity (Wildman–Crippen MR) is 85.1 cm³/mol. The summed E-state index contributed by atoms with van der Waals surface area (Å²) in [5.74, 6) is -0.421. The van der Waals surface area contributed by atoms with Gasteiger partial charge < -0.3 is 10.6 Å². The SMILES string of the molecule is CN1CCc2c(Cl)ccc3sc(C=CC(N)=O)c(c23)C1. The minimum atomic E-state index is -0.421. The van der Waals surface area contributed by atoms with Crippen LogP contribution in [0.25, 0.3) is 16.2 Å². The van der Waals surface area contributed by atoms with Gasteiger partial charge in [-0.15, -0.1) is 11.3 Å². The molecule has 1 aromatic carbocycles. The third-order valence-corrected chi connectivity index (χ3v) is 5.12. The highest BCUT2D eigenvalue weighted by molar-refractivity contribution is 7.20. The summed E-state index contributed by atoms with van der Waals surface area (Å²) in [4.78, 5) is 14.3. The van der Waals surface area contributed by atoms with E-state index in [-0.39, 0.29) is 0 Å². The number of hydrogen-bond donors (Lipinski definition) is 1. The number of amides is 1. The molecule has 0 saturated carbocycles. The summed E-state index contributed by atoms with van der Waals surface area (Å²) in [6.45, 7) is 1.85. The maximum absolute atomic E-state index is 11.0. The van der Waals surface area contributed by atoms with Crippen molar-refractivity contribution < 1.29 is 4.79 Å². The number of nitrogens with two attached hydrogens (primary N) is 1. The van der Waals surface area contributed by atoms with E-state index in [1.165, 1.54) is 27.3 Å². The van der Waals surface area contributed by atoms with Gasteiger partial charge in [0.1, 0.15) is 0 Å². The first-order valence-corrected chi connectivity index (χ1v) is 7.64. The number of rotatable bonds is 2. The van der Waals surface area contributed by atoms with Crippen LogP contribution in [0.3, 0.4) is 0 Å². The third kappa shape index (κ3) is 2.35. The number of primary amides is 1. The van der Waals surface area contributed by atoms with Crippen molar-refractivity contribution >= 4 is 45.0 Å². The van der Waals surface area contributed by atoms with Crippen LogP contribution < -0.4 is 5.73 Å². The Hall–Kier alpha value is -1.36. The van der Waals surface area contributed by atoms with Crippen LogP contribution in [0.15, 0.2) is 18.2 Å². The van der Waals surface area contributed by atoms with Gasteiger partial charge in [0.2, 0.25) is 5.91 Å². The summed E-state index contributed by atoms with van der Waals surface area (Å²) >= 11 is 8.04. The molecule has 0 saturated heterocycles. The maximum atomic E-state index is 11.0. The Balaban J connectivity index is 2.25. The molecule has 0 spiro atoms. The number of carbonyl (C=O) groups excluding carboxylic acids is 1. The van der Waals surface area contributed by atoms with Gasteiger partial charge in [0.15, 0.2) is 0 Å². The van der Waals surface area contributed by atoms with Crippen molar-refractivity contribution in [2.24, 2.45) is 5.73 Å². The largest absolute Gasteiger partial charge is 0.366 e. The fourth-order valence-electron chi connectivity index (χ4n) is 2.67. The molecule has 3 rings (SSSR count). The molecule has 5 heteroatoms. The van der Waals surface area contributed by atoms with Crippen LogP contribution in [-0.4, -0.2) is 24.4 Å². The van der Waals surface area contributed by atoms with Gasteiger partial charge in [-0.05, 0) is 42.8 Å². The second-order valence-corrected chi connectivity index (χ2v) is 6.56. The fraction of sp³-hybridized carbons (Fsp3) is 0.267. The lowest BCUT2D eigenvalue weighted by Gasteiger charge is -2.13. The first kappa shape index (κ1) is 13.6. The Bertz CT molecular complexity index is 720. The molecule has 0 atom stereocenters. The van der Waals surface area contributed by atoms with Gasteiger partial charge in [-0.2, -0.15) is 0 Å². The lowest BCUT2D eigenvalue weighted by molar-refractivity contribution is -0.113. The van der Waals surface area contributed by atoms with Gasteiger partial charge in [0.25, 0.3) is 0 Å². The van der Waals surface area contributed by atoms with E-state index < -0.39 is 5.91 Å². The monoisotopic (exact) mass is 306 g/mol. The van der Waals surface area contributed by atoms with Crippen LogP contribution in [0.5, 0.6) is 0 Å². The smallest absolute Gasteiger partial charge is 0.241 e. The van der Waals surface area contributed by atoms with E-state index in [2.05, 4.69) is 18.0 Å². The molecule has 1 aliphatic heterocycles. The van der Waals surface area contributed by atoms with E-state index in [0.717, 1.165) is 29.4 Å². The normalized spacial score (nSPS) is 15.9. The highest BCUT2D eigenvalue weighted by Crippen LogP contribution is 2.39. The molecule has 1 aromatic heterocycles. The predicted octanol–water partition coefficient (Wildman–Crippen LogP) is 3.04. The van der Waals surface area contributed by atoms with E-state index in [9.17, 15) is 4.79 Å². The van der Waals surface area contributed by atoms with Crippen LogP contribution in [0.1, 0.15) is 16.0 Å². The molecule has 0 bridgehead atoms. The number of thiophene rings is 1. The zero-order valence-electron chi connectivity index (χ0n) is 11.1. The van der Waals surface area contributed by atoms with E-state index >= 15 is 0 Å². The number of benzene rings is 1. The van der Waals surface area contributed by atoms with Crippen molar-refractivity contribution in [2.75, 3.05) is 13.6 Å². The summed E-state index contributed by atoms with van der Waals surface area (Å²) in [5, 5.41) is 2.09. The molecule has 3 nitrogen and oxygen atoms in total. The van der Waals surface area contributed by atoms with Crippen LogP contribution in [0.2, 0.25) is 5.02 Å². The van der Waals surface area contributed by atoms with Gasteiger partial charge in [-0.25, -0.2) is 0 Å². The molecule has 2 aromatic rings. The summed E-state index contributed by atoms with van der Waals surface area (Å²) in [7, 11) is 2.10. The van der Waals surface area contributed by atoms with Crippen LogP contribution in [0, 0.1) is 0 Å². The van der Waals surface area contributed by atoms with Gasteiger partial charge >= 0.3 is 0 Å². The van der Waals surface area contributed by atoms with Gasteiger partial charge in [0.05, 0.1) is 0 Å². The molecule has 1 aliphatic rings. The molecule has 0 fully saturated rings. The number of carbonyl (C=O) groups is 1. The Morgan fingerprint density at radius 2 is 2.25 bits per heavy atom. The summed E-state index contributed by atoms with van der Waals surface area (Å²) < 4.78 is 1.22. The highest BCUT2D eigenvalue weighted by Gasteiger charge is 2.20. The molecule has 0 aliphatic carbocycles. The van der Waals surface area contributed by atoms with Crippen molar-refractivity contribution in [2.45, 2.75) is 13.0 Å². The topological polar surface area (TPSA) is 46.3 Å². The van der Waals surface area contributed by atoms with Crippen molar-refractivity contribution in [1.82, 2.24) is 4.90 Å². The number of nitrogens with zero attached hydrogens (tertiary/aromatic N) is 1. The zero-order chi connectivity index (χ0) is 14.3. The van der Waals surface area contributed by atoms with Gasteiger partial charge in [-0.1, -0.05) is 11.6 Å². The van der Waals surface area contributed by atoms with E-state index in [4.69, 9.17) is 17.3 Å². The first-order chi connectivity index (χ1) is 9.56. The molecule has 1 amide bonds. The first-order valence-electron chi connectivity index (χ1n) is 6.45. The summed E-state index contributed by atoms with van der Waals surface area (Å²) in [5.41, 5.74) is 7.67. The minimum absolute atomic E-state index is 0.421. The lowest BCUT2D eigenvalue weighted by Crippen LogP contribution is -2.18. The molecule has 104 valence electrons. The number of hydrogen-bond acceptors (Lipinski definition) is 3. The van der Waals surface area contributed by atoms with Crippen molar-refractivity contribution in [3.05, 3.63) is 39.2 Å². The van der Waals surface area contributed by atoms with Crippen LogP contribution in [0.4, 0.5) is 0 Å². The van der Waals surface area contributed by atoms with Crippen LogP contribution >= 0.6 is 22.9 Å². The second kappa shape index (κ2) is 5.20. The Morgan fingerprint density at radius 3 is 3.00 bits per heavy atom. The van der Waals surface area contributed by atoms with Crippen molar-refractivity contribution in [1.29, 1.82) is 0 Å². The summed E-state index contributed by atoms with van der Waals surface area (Å²) in [6.07, 6.45) is 4.20. The van der Waals surface area contributed by atoms with E-state index in [0.29, 0.717) is 0 Å². The minimum Gasteiger partial charge on any atom is -0.366 e. The molecule has 2 heterocycles. The molecule has 20 heavy (non-hydrogen) atoms. The Labute approximate surface area is 126 Å². The summed E-state index contributed by atoms with van der Waals surface area (Å²) in [6, 6.07) is 4.02. The standard InChI is InChI=1S/C15H15ClN2OS/c1-18-7-6-9-11(16)2-3-13-15(9)10(8-18)12(20-13)4-5-14(17)19/h2-5H,6-8H2,1H3,(H2,17,19). The lowest BCUT2D eigenvalue weighted by atomic mass is 10.0. The van der Waals surface area contributed by atoms with Crippen molar-refractivity contribution in [3.63, 3.8) is 0 Å². The van der Waals surface area contributed by atoms with Crippen LogP contribution in [-0.2, 0) is 17.8 Å². The number of halogens is 1. The van der Waals surface area contributed by atoms with Gasteiger partial charge in [0, 0.05) is 39.2 Å². The van der Waals surface area contributed by atoms with Gasteiger partial charge in [-0.3, -0.25) is 4.79 Å². The molecule has 0 radical (unpaired) electrons. The average Bonchev–Trinajstić information content (AvgIpc) is 2.62. The Morgan fingerprint density at radius 1 is 1.45 bits per heavy atom. The fourth-order valence-corrected chi connectivity index (χ4v) is 4.06.